The average molecular weight is 272 g/mol. The number of rotatable bonds is 6. The fraction of sp³-hybridized carbons (Fsp3) is 0.462. The predicted molar refractivity (Wildman–Crippen MR) is 73.4 cm³/mol. The number of nitrogens with zero attached hydrogens (tertiary/aromatic N) is 1. The van der Waals surface area contributed by atoms with E-state index >= 15 is 0 Å². The second-order valence-electron chi connectivity index (χ2n) is 4.42. The van der Waals surface area contributed by atoms with Gasteiger partial charge in [-0.05, 0) is 18.7 Å². The molecule has 1 rings (SSSR count). The molecule has 0 saturated carbocycles. The van der Waals surface area contributed by atoms with Crippen molar-refractivity contribution in [2.75, 3.05) is 13.1 Å². The molecule has 0 aromatic heterocycles. The molecule has 1 aromatic rings. The molecule has 0 amide bonds. The zero-order valence-corrected chi connectivity index (χ0v) is 11.5. The molecule has 5 heteroatoms. The largest absolute Gasteiger partial charge is 0.387 e. The molecule has 1 aromatic carbocycles. The van der Waals surface area contributed by atoms with Gasteiger partial charge in [-0.2, -0.15) is 0 Å². The average Bonchev–Trinajstić information content (AvgIpc) is 2.31. The van der Waals surface area contributed by atoms with Crippen molar-refractivity contribution in [3.63, 3.8) is 0 Å². The van der Waals surface area contributed by atoms with Crippen molar-refractivity contribution in [3.05, 3.63) is 34.6 Å². The monoisotopic (exact) mass is 271 g/mol. The Balaban J connectivity index is 2.70. The number of amidine groups is 1. The van der Waals surface area contributed by atoms with Crippen molar-refractivity contribution in [2.24, 2.45) is 11.7 Å². The molecule has 1 unspecified atom stereocenters. The first-order valence-electron chi connectivity index (χ1n) is 5.94. The number of nitrogens with two attached hydrogens (primary N) is 1. The van der Waals surface area contributed by atoms with Crippen molar-refractivity contribution in [1.29, 1.82) is 5.41 Å². The van der Waals surface area contributed by atoms with E-state index in [1.807, 2.05) is 13.8 Å². The smallest absolute Gasteiger partial charge is 0.129 e. The minimum Gasteiger partial charge on any atom is -0.387 e. The molecule has 100 valence electrons. The summed E-state index contributed by atoms with van der Waals surface area (Å²) < 4.78 is 13.7. The van der Waals surface area contributed by atoms with Gasteiger partial charge in [-0.1, -0.05) is 31.5 Å². The molecule has 18 heavy (non-hydrogen) atoms. The lowest BCUT2D eigenvalue weighted by Gasteiger charge is -2.24. The van der Waals surface area contributed by atoms with Gasteiger partial charge in [0.25, 0.3) is 0 Å². The highest BCUT2D eigenvalue weighted by molar-refractivity contribution is 6.30. The highest BCUT2D eigenvalue weighted by Gasteiger charge is 2.13. The fourth-order valence-electron chi connectivity index (χ4n) is 1.68. The third kappa shape index (κ3) is 4.27. The van der Waals surface area contributed by atoms with Crippen LogP contribution in [0.1, 0.15) is 19.4 Å². The van der Waals surface area contributed by atoms with Gasteiger partial charge in [-0.3, -0.25) is 10.3 Å². The Labute approximate surface area is 112 Å². The molecule has 0 heterocycles. The normalized spacial score (nSPS) is 12.7. The maximum absolute atomic E-state index is 13.7. The lowest BCUT2D eigenvalue weighted by atomic mass is 10.1. The predicted octanol–water partition coefficient (Wildman–Crippen LogP) is 2.87. The molecule has 0 spiro atoms. The third-order valence-corrected chi connectivity index (χ3v) is 3.15. The molecule has 0 aliphatic rings. The molecule has 0 radical (unpaired) electrons. The number of halogens is 2. The number of benzene rings is 1. The van der Waals surface area contributed by atoms with E-state index in [2.05, 4.69) is 4.90 Å². The topological polar surface area (TPSA) is 53.1 Å². The van der Waals surface area contributed by atoms with E-state index in [1.54, 1.807) is 12.1 Å². The van der Waals surface area contributed by atoms with Gasteiger partial charge in [0.1, 0.15) is 5.82 Å². The van der Waals surface area contributed by atoms with Gasteiger partial charge in [0.2, 0.25) is 0 Å². The van der Waals surface area contributed by atoms with Crippen LogP contribution in [-0.2, 0) is 6.54 Å². The first-order valence-corrected chi connectivity index (χ1v) is 6.32. The molecular formula is C13H19ClFN3. The van der Waals surface area contributed by atoms with Crippen LogP contribution in [0.3, 0.4) is 0 Å². The van der Waals surface area contributed by atoms with Crippen LogP contribution in [-0.4, -0.2) is 23.8 Å². The van der Waals surface area contributed by atoms with Crippen LogP contribution >= 0.6 is 11.6 Å². The van der Waals surface area contributed by atoms with Crippen molar-refractivity contribution >= 4 is 17.4 Å². The van der Waals surface area contributed by atoms with Crippen LogP contribution in [0, 0.1) is 17.1 Å². The zero-order chi connectivity index (χ0) is 13.7. The van der Waals surface area contributed by atoms with Crippen LogP contribution in [0.4, 0.5) is 4.39 Å². The molecule has 1 atom stereocenters. The van der Waals surface area contributed by atoms with Crippen LogP contribution in [0.25, 0.3) is 0 Å². The Morgan fingerprint density at radius 3 is 2.72 bits per heavy atom. The molecule has 0 bridgehead atoms. The summed E-state index contributed by atoms with van der Waals surface area (Å²) in [5, 5.41) is 7.78. The van der Waals surface area contributed by atoms with Crippen molar-refractivity contribution in [2.45, 2.75) is 20.4 Å². The maximum atomic E-state index is 13.7. The van der Waals surface area contributed by atoms with E-state index < -0.39 is 0 Å². The molecule has 0 saturated heterocycles. The summed E-state index contributed by atoms with van der Waals surface area (Å²) in [6.07, 6.45) is 0. The molecule has 3 N–H and O–H groups in total. The van der Waals surface area contributed by atoms with Gasteiger partial charge >= 0.3 is 0 Å². The second-order valence-corrected chi connectivity index (χ2v) is 4.86. The van der Waals surface area contributed by atoms with E-state index in [4.69, 9.17) is 22.7 Å². The maximum Gasteiger partial charge on any atom is 0.129 e. The van der Waals surface area contributed by atoms with Crippen LogP contribution in [0.5, 0.6) is 0 Å². The Morgan fingerprint density at radius 2 is 2.22 bits per heavy atom. The number of hydrogen-bond acceptors (Lipinski definition) is 2. The highest BCUT2D eigenvalue weighted by Crippen LogP contribution is 2.16. The second kappa shape index (κ2) is 6.71. The quantitative estimate of drug-likeness (QED) is 0.617. The summed E-state index contributed by atoms with van der Waals surface area (Å²) in [5.74, 6) is -0.165. The Morgan fingerprint density at radius 1 is 1.56 bits per heavy atom. The van der Waals surface area contributed by atoms with Crippen molar-refractivity contribution in [3.8, 4) is 0 Å². The van der Waals surface area contributed by atoms with E-state index in [9.17, 15) is 4.39 Å². The Kier molecular flexibility index (Phi) is 5.56. The third-order valence-electron chi connectivity index (χ3n) is 2.92. The summed E-state index contributed by atoms with van der Waals surface area (Å²) in [5.41, 5.74) is 6.06. The first-order chi connectivity index (χ1) is 8.43. The highest BCUT2D eigenvalue weighted by atomic mass is 35.5. The fourth-order valence-corrected chi connectivity index (χ4v) is 1.84. The van der Waals surface area contributed by atoms with Crippen molar-refractivity contribution < 1.29 is 4.39 Å². The Hall–Kier alpha value is -1.13. The summed E-state index contributed by atoms with van der Waals surface area (Å²) in [4.78, 5) is 2.05. The lowest BCUT2D eigenvalue weighted by molar-refractivity contribution is 0.259. The molecule has 3 nitrogen and oxygen atoms in total. The standard InChI is InChI=1S/C13H19ClFN3/c1-3-18(7-9(2)13(16)17)8-10-4-5-11(14)6-12(10)15/h4-6,9H,3,7-8H2,1-2H3,(H3,16,17). The van der Waals surface area contributed by atoms with E-state index in [-0.39, 0.29) is 17.6 Å². The van der Waals surface area contributed by atoms with Crippen LogP contribution < -0.4 is 5.73 Å². The lowest BCUT2D eigenvalue weighted by Crippen LogP contribution is -2.34. The number of nitrogens with one attached hydrogen (secondary N) is 1. The summed E-state index contributed by atoms with van der Waals surface area (Å²) in [6.45, 7) is 5.81. The zero-order valence-electron chi connectivity index (χ0n) is 10.7. The van der Waals surface area contributed by atoms with Gasteiger partial charge in [0, 0.05) is 29.6 Å². The molecule has 0 fully saturated rings. The minimum absolute atomic E-state index is 0.0275. The summed E-state index contributed by atoms with van der Waals surface area (Å²) >= 11 is 5.71. The minimum atomic E-state index is -0.295. The SMILES string of the molecule is CCN(Cc1ccc(Cl)cc1F)CC(C)C(=N)N. The van der Waals surface area contributed by atoms with E-state index in [1.165, 1.54) is 6.07 Å². The van der Waals surface area contributed by atoms with Gasteiger partial charge in [-0.15, -0.1) is 0 Å². The van der Waals surface area contributed by atoms with Gasteiger partial charge in [-0.25, -0.2) is 4.39 Å². The van der Waals surface area contributed by atoms with Crippen molar-refractivity contribution in [1.82, 2.24) is 4.90 Å². The Bertz CT molecular complexity index is 423. The van der Waals surface area contributed by atoms with Crippen LogP contribution in [0.2, 0.25) is 5.02 Å². The molecule has 0 aliphatic heterocycles. The van der Waals surface area contributed by atoms with Gasteiger partial charge in [0.05, 0.1) is 5.84 Å². The number of hydrogen-bond donors (Lipinski definition) is 2. The van der Waals surface area contributed by atoms with Crippen LogP contribution in [0.15, 0.2) is 18.2 Å². The van der Waals surface area contributed by atoms with Gasteiger partial charge in [0.15, 0.2) is 0 Å². The van der Waals surface area contributed by atoms with Gasteiger partial charge < -0.3 is 5.73 Å². The summed E-state index contributed by atoms with van der Waals surface area (Å²) in [6, 6.07) is 4.69. The molecule has 0 aliphatic carbocycles. The summed E-state index contributed by atoms with van der Waals surface area (Å²) in [7, 11) is 0. The van der Waals surface area contributed by atoms with E-state index in [0.29, 0.717) is 23.7 Å². The van der Waals surface area contributed by atoms with E-state index in [0.717, 1.165) is 6.54 Å². The first kappa shape index (κ1) is 14.9. The molecular weight excluding hydrogens is 253 g/mol.